The zero-order chi connectivity index (χ0) is 16.4. The van der Waals surface area contributed by atoms with E-state index in [1.807, 2.05) is 0 Å². The van der Waals surface area contributed by atoms with Gasteiger partial charge in [0.15, 0.2) is 0 Å². The number of hydrogen-bond donors (Lipinski definition) is 1. The number of thioether (sulfide) groups is 1. The maximum atomic E-state index is 11.0. The number of aromatic nitrogens is 2. The second-order valence-electron chi connectivity index (χ2n) is 5.43. The van der Waals surface area contributed by atoms with Crippen LogP contribution in [0.2, 0.25) is 10.0 Å². The van der Waals surface area contributed by atoms with Crippen molar-refractivity contribution in [2.75, 3.05) is 0 Å². The van der Waals surface area contributed by atoms with Crippen LogP contribution in [0.15, 0.2) is 27.8 Å². The minimum Gasteiger partial charge on any atom is -0.481 e. The van der Waals surface area contributed by atoms with Gasteiger partial charge in [-0.15, -0.1) is 10.2 Å². The number of nitrogens with zero attached hydrogens (tertiary/aromatic N) is 2. The van der Waals surface area contributed by atoms with Gasteiger partial charge in [0.05, 0.1) is 16.5 Å². The van der Waals surface area contributed by atoms with Crippen LogP contribution in [-0.2, 0) is 4.79 Å². The summed E-state index contributed by atoms with van der Waals surface area (Å²) in [5, 5.41) is 18.9. The lowest BCUT2D eigenvalue weighted by atomic mass is 9.89. The first-order valence-electron chi connectivity index (χ1n) is 7.21. The molecule has 1 aromatic carbocycles. The third kappa shape index (κ3) is 4.00. The van der Waals surface area contributed by atoms with Gasteiger partial charge in [-0.2, -0.15) is 0 Å². The summed E-state index contributed by atoms with van der Waals surface area (Å²) in [4.78, 5) is 11.0. The van der Waals surface area contributed by atoms with E-state index in [-0.39, 0.29) is 5.92 Å². The SMILES string of the molecule is O=C(O)C1CCC(Sc2nnc(-c3ccc(Cl)cc3Cl)o2)CC1. The first-order chi connectivity index (χ1) is 11.0. The van der Waals surface area contributed by atoms with Gasteiger partial charge in [-0.3, -0.25) is 4.79 Å². The third-order valence-electron chi connectivity index (χ3n) is 3.86. The summed E-state index contributed by atoms with van der Waals surface area (Å²) in [6, 6.07) is 5.08. The lowest BCUT2D eigenvalue weighted by Gasteiger charge is -2.24. The number of hydrogen-bond acceptors (Lipinski definition) is 5. The Morgan fingerprint density at radius 2 is 1.96 bits per heavy atom. The van der Waals surface area contributed by atoms with E-state index in [9.17, 15) is 4.79 Å². The normalized spacial score (nSPS) is 21.3. The highest BCUT2D eigenvalue weighted by molar-refractivity contribution is 7.99. The van der Waals surface area contributed by atoms with Crippen LogP contribution in [0.4, 0.5) is 0 Å². The molecular weight excluding hydrogens is 359 g/mol. The van der Waals surface area contributed by atoms with E-state index in [0.29, 0.717) is 44.8 Å². The van der Waals surface area contributed by atoms with Crippen molar-refractivity contribution in [3.63, 3.8) is 0 Å². The average molecular weight is 373 g/mol. The van der Waals surface area contributed by atoms with Crippen molar-refractivity contribution in [3.05, 3.63) is 28.2 Å². The van der Waals surface area contributed by atoms with Gasteiger partial charge in [0, 0.05) is 10.3 Å². The molecule has 0 spiro atoms. The molecule has 1 aliphatic rings. The number of aliphatic carboxylic acids is 1. The van der Waals surface area contributed by atoms with Crippen molar-refractivity contribution < 1.29 is 14.3 Å². The van der Waals surface area contributed by atoms with Crippen LogP contribution in [0.5, 0.6) is 0 Å². The Balaban J connectivity index is 1.65. The van der Waals surface area contributed by atoms with Gasteiger partial charge in [0.25, 0.3) is 5.22 Å². The van der Waals surface area contributed by atoms with Gasteiger partial charge in [-0.1, -0.05) is 35.0 Å². The van der Waals surface area contributed by atoms with Gasteiger partial charge >= 0.3 is 5.97 Å². The first-order valence-corrected chi connectivity index (χ1v) is 8.85. The molecule has 23 heavy (non-hydrogen) atoms. The van der Waals surface area contributed by atoms with E-state index in [0.717, 1.165) is 12.8 Å². The molecule has 0 amide bonds. The highest BCUT2D eigenvalue weighted by Gasteiger charge is 2.27. The van der Waals surface area contributed by atoms with Crippen LogP contribution in [0.3, 0.4) is 0 Å². The van der Waals surface area contributed by atoms with E-state index in [1.54, 1.807) is 18.2 Å². The van der Waals surface area contributed by atoms with E-state index < -0.39 is 5.97 Å². The fourth-order valence-corrected chi connectivity index (χ4v) is 4.10. The van der Waals surface area contributed by atoms with Crippen LogP contribution in [0.25, 0.3) is 11.5 Å². The lowest BCUT2D eigenvalue weighted by Crippen LogP contribution is -2.22. The predicted octanol–water partition coefficient (Wildman–Crippen LogP) is 4.78. The summed E-state index contributed by atoms with van der Waals surface area (Å²) >= 11 is 13.5. The molecule has 2 aromatic rings. The molecule has 0 saturated heterocycles. The summed E-state index contributed by atoms with van der Waals surface area (Å²) in [7, 11) is 0. The largest absolute Gasteiger partial charge is 0.481 e. The number of benzene rings is 1. The highest BCUT2D eigenvalue weighted by Crippen LogP contribution is 2.37. The standard InChI is InChI=1S/C15H14Cl2N2O3S/c16-9-3-6-11(12(17)7-9)13-18-19-15(22-13)23-10-4-1-8(2-5-10)14(20)21/h3,6-8,10H,1-2,4-5H2,(H,20,21). The van der Waals surface area contributed by atoms with Crippen molar-refractivity contribution in [1.29, 1.82) is 0 Å². The van der Waals surface area contributed by atoms with Gasteiger partial charge in [0.2, 0.25) is 5.89 Å². The molecule has 122 valence electrons. The van der Waals surface area contributed by atoms with Crippen molar-refractivity contribution in [2.45, 2.75) is 36.2 Å². The molecule has 8 heteroatoms. The number of carboxylic acids is 1. The van der Waals surface area contributed by atoms with Crippen molar-refractivity contribution >= 4 is 40.9 Å². The monoisotopic (exact) mass is 372 g/mol. The van der Waals surface area contributed by atoms with Gasteiger partial charge in [-0.25, -0.2) is 0 Å². The second-order valence-corrected chi connectivity index (χ2v) is 7.52. The van der Waals surface area contributed by atoms with E-state index in [4.69, 9.17) is 32.7 Å². The average Bonchev–Trinajstić information content (AvgIpc) is 2.96. The zero-order valence-electron chi connectivity index (χ0n) is 12.0. The quantitative estimate of drug-likeness (QED) is 0.831. The molecule has 1 saturated carbocycles. The summed E-state index contributed by atoms with van der Waals surface area (Å²) in [5.41, 5.74) is 0.644. The first kappa shape index (κ1) is 16.6. The molecule has 0 atom stereocenters. The van der Waals surface area contributed by atoms with Gasteiger partial charge in [-0.05, 0) is 43.9 Å². The van der Waals surface area contributed by atoms with Gasteiger partial charge < -0.3 is 9.52 Å². The molecule has 5 nitrogen and oxygen atoms in total. The Kier molecular flexibility index (Phi) is 5.14. The van der Waals surface area contributed by atoms with Crippen molar-refractivity contribution in [1.82, 2.24) is 10.2 Å². The number of carbonyl (C=O) groups is 1. The maximum absolute atomic E-state index is 11.0. The molecular formula is C15H14Cl2N2O3S. The zero-order valence-corrected chi connectivity index (χ0v) is 14.4. The Labute approximate surface area is 147 Å². The Bertz CT molecular complexity index is 714. The second kappa shape index (κ2) is 7.11. The predicted molar refractivity (Wildman–Crippen MR) is 89.0 cm³/mol. The Hall–Kier alpha value is -1.24. The summed E-state index contributed by atoms with van der Waals surface area (Å²) in [5.74, 6) is -0.572. The highest BCUT2D eigenvalue weighted by atomic mass is 35.5. The van der Waals surface area contributed by atoms with Crippen LogP contribution >= 0.6 is 35.0 Å². The minimum absolute atomic E-state index is 0.224. The number of rotatable bonds is 4. The van der Waals surface area contributed by atoms with E-state index in [2.05, 4.69) is 10.2 Å². The maximum Gasteiger partial charge on any atom is 0.306 e. The molecule has 1 aliphatic carbocycles. The molecule has 1 aromatic heterocycles. The fraction of sp³-hybridized carbons (Fsp3) is 0.400. The van der Waals surface area contributed by atoms with Crippen LogP contribution in [0.1, 0.15) is 25.7 Å². The smallest absolute Gasteiger partial charge is 0.306 e. The molecule has 3 rings (SSSR count). The number of carboxylic acid groups (broad SMARTS) is 1. The lowest BCUT2D eigenvalue weighted by molar-refractivity contribution is -0.142. The van der Waals surface area contributed by atoms with Gasteiger partial charge in [0.1, 0.15) is 0 Å². The van der Waals surface area contributed by atoms with Crippen LogP contribution < -0.4 is 0 Å². The summed E-state index contributed by atoms with van der Waals surface area (Å²) in [6.45, 7) is 0. The van der Waals surface area contributed by atoms with Crippen molar-refractivity contribution in [3.8, 4) is 11.5 Å². The van der Waals surface area contributed by atoms with E-state index >= 15 is 0 Å². The number of halogens is 2. The summed E-state index contributed by atoms with van der Waals surface area (Å²) in [6.07, 6.45) is 3.05. The van der Waals surface area contributed by atoms with Crippen LogP contribution in [-0.4, -0.2) is 26.5 Å². The molecule has 0 bridgehead atoms. The Morgan fingerprint density at radius 3 is 2.61 bits per heavy atom. The third-order valence-corrected chi connectivity index (χ3v) is 5.58. The minimum atomic E-state index is -0.703. The molecule has 1 heterocycles. The molecule has 0 radical (unpaired) electrons. The molecule has 0 unspecified atom stereocenters. The molecule has 1 fully saturated rings. The Morgan fingerprint density at radius 1 is 1.22 bits per heavy atom. The van der Waals surface area contributed by atoms with Crippen molar-refractivity contribution in [2.24, 2.45) is 5.92 Å². The molecule has 0 aliphatic heterocycles. The molecule has 1 N–H and O–H groups in total. The topological polar surface area (TPSA) is 76.2 Å². The van der Waals surface area contributed by atoms with Crippen LogP contribution in [0, 0.1) is 5.92 Å². The summed E-state index contributed by atoms with van der Waals surface area (Å²) < 4.78 is 5.66. The fourth-order valence-electron chi connectivity index (χ4n) is 2.60. The van der Waals surface area contributed by atoms with E-state index in [1.165, 1.54) is 11.8 Å².